The molecule has 1 saturated heterocycles. The molecule has 0 amide bonds. The molecule has 5 nitrogen and oxygen atoms in total. The standard InChI is InChI=1S/C12H19N3O2/c1-8(2)12-13-10(6-11(16)14-12)15-4-5-17-9(3)7-15/h6,8-9H,4-5,7H2,1-3H3,(H,13,14,16). The van der Waals surface area contributed by atoms with Crippen LogP contribution < -0.4 is 10.5 Å². The molecule has 1 aromatic rings. The molecule has 0 aliphatic carbocycles. The fourth-order valence-electron chi connectivity index (χ4n) is 1.93. The van der Waals surface area contributed by atoms with E-state index in [0.717, 1.165) is 24.7 Å². The Labute approximate surface area is 101 Å². The molecule has 1 atom stereocenters. The molecule has 17 heavy (non-hydrogen) atoms. The first-order valence-corrected chi connectivity index (χ1v) is 6.04. The van der Waals surface area contributed by atoms with Crippen molar-refractivity contribution in [3.05, 3.63) is 22.2 Å². The summed E-state index contributed by atoms with van der Waals surface area (Å²) in [5, 5.41) is 0. The second-order valence-electron chi connectivity index (χ2n) is 4.77. The van der Waals surface area contributed by atoms with Gasteiger partial charge in [0.2, 0.25) is 0 Å². The summed E-state index contributed by atoms with van der Waals surface area (Å²) >= 11 is 0. The van der Waals surface area contributed by atoms with Crippen molar-refractivity contribution in [3.63, 3.8) is 0 Å². The molecule has 1 aromatic heterocycles. The number of anilines is 1. The zero-order valence-corrected chi connectivity index (χ0v) is 10.6. The van der Waals surface area contributed by atoms with Crippen LogP contribution in [0.5, 0.6) is 0 Å². The maximum atomic E-state index is 11.6. The van der Waals surface area contributed by atoms with E-state index in [4.69, 9.17) is 4.74 Å². The third kappa shape index (κ3) is 2.85. The molecule has 5 heteroatoms. The van der Waals surface area contributed by atoms with Gasteiger partial charge in [-0.05, 0) is 6.92 Å². The van der Waals surface area contributed by atoms with Gasteiger partial charge in [-0.2, -0.15) is 0 Å². The van der Waals surface area contributed by atoms with Gasteiger partial charge < -0.3 is 14.6 Å². The summed E-state index contributed by atoms with van der Waals surface area (Å²) in [4.78, 5) is 21.0. The fraction of sp³-hybridized carbons (Fsp3) is 0.667. The third-order valence-corrected chi connectivity index (χ3v) is 2.86. The minimum absolute atomic E-state index is 0.0853. The topological polar surface area (TPSA) is 58.2 Å². The van der Waals surface area contributed by atoms with Crippen LogP contribution in [-0.2, 0) is 4.74 Å². The molecule has 94 valence electrons. The molecule has 2 heterocycles. The van der Waals surface area contributed by atoms with Crippen molar-refractivity contribution < 1.29 is 4.74 Å². The lowest BCUT2D eigenvalue weighted by Gasteiger charge is -2.32. The van der Waals surface area contributed by atoms with E-state index >= 15 is 0 Å². The SMILES string of the molecule is CC1CN(c2cc(=O)[nH]c(C(C)C)n2)CCO1. The number of ether oxygens (including phenoxy) is 1. The molecular weight excluding hydrogens is 218 g/mol. The van der Waals surface area contributed by atoms with E-state index in [2.05, 4.69) is 14.9 Å². The van der Waals surface area contributed by atoms with Gasteiger partial charge in [-0.1, -0.05) is 13.8 Å². The first-order chi connectivity index (χ1) is 8.06. The Bertz CT molecular complexity index is 442. The average Bonchev–Trinajstić information content (AvgIpc) is 2.28. The highest BCUT2D eigenvalue weighted by Gasteiger charge is 2.19. The van der Waals surface area contributed by atoms with Gasteiger partial charge >= 0.3 is 0 Å². The van der Waals surface area contributed by atoms with Crippen molar-refractivity contribution in [1.29, 1.82) is 0 Å². The van der Waals surface area contributed by atoms with E-state index < -0.39 is 0 Å². The number of nitrogens with zero attached hydrogens (tertiary/aromatic N) is 2. The zero-order chi connectivity index (χ0) is 12.4. The molecule has 0 radical (unpaired) electrons. The van der Waals surface area contributed by atoms with Crippen LogP contribution in [0.4, 0.5) is 5.82 Å². The van der Waals surface area contributed by atoms with Gasteiger partial charge in [0, 0.05) is 25.1 Å². The Morgan fingerprint density at radius 1 is 1.59 bits per heavy atom. The first kappa shape index (κ1) is 12.1. The lowest BCUT2D eigenvalue weighted by molar-refractivity contribution is 0.0529. The number of nitrogens with one attached hydrogen (secondary N) is 1. The van der Waals surface area contributed by atoms with Gasteiger partial charge in [0.25, 0.3) is 5.56 Å². The molecule has 1 N–H and O–H groups in total. The van der Waals surface area contributed by atoms with Crippen molar-refractivity contribution in [1.82, 2.24) is 9.97 Å². The molecular formula is C12H19N3O2. The largest absolute Gasteiger partial charge is 0.375 e. The summed E-state index contributed by atoms with van der Waals surface area (Å²) in [6.07, 6.45) is 0.187. The smallest absolute Gasteiger partial charge is 0.252 e. The number of H-pyrrole nitrogens is 1. The summed E-state index contributed by atoms with van der Waals surface area (Å²) in [6, 6.07) is 1.56. The molecule has 2 rings (SSSR count). The second kappa shape index (κ2) is 4.87. The van der Waals surface area contributed by atoms with E-state index in [1.54, 1.807) is 6.07 Å². The molecule has 1 aliphatic heterocycles. The summed E-state index contributed by atoms with van der Waals surface area (Å²) < 4.78 is 5.48. The number of aromatic nitrogens is 2. The molecule has 0 aromatic carbocycles. The van der Waals surface area contributed by atoms with Crippen LogP contribution in [-0.4, -0.2) is 35.8 Å². The third-order valence-electron chi connectivity index (χ3n) is 2.86. The number of hydrogen-bond donors (Lipinski definition) is 1. The van der Waals surface area contributed by atoms with Gasteiger partial charge in [0.15, 0.2) is 0 Å². The second-order valence-corrected chi connectivity index (χ2v) is 4.77. The predicted octanol–water partition coefficient (Wildman–Crippen LogP) is 1.12. The van der Waals surface area contributed by atoms with Crippen molar-refractivity contribution in [2.45, 2.75) is 32.8 Å². The van der Waals surface area contributed by atoms with E-state index in [1.165, 1.54) is 0 Å². The molecule has 1 fully saturated rings. The number of rotatable bonds is 2. The molecule has 0 saturated carbocycles. The van der Waals surface area contributed by atoms with Crippen molar-refractivity contribution >= 4 is 5.82 Å². The normalized spacial score (nSPS) is 20.9. The van der Waals surface area contributed by atoms with Gasteiger partial charge in [-0.15, -0.1) is 0 Å². The predicted molar refractivity (Wildman–Crippen MR) is 66.6 cm³/mol. The van der Waals surface area contributed by atoms with Crippen molar-refractivity contribution in [2.75, 3.05) is 24.6 Å². The fourth-order valence-corrected chi connectivity index (χ4v) is 1.93. The lowest BCUT2D eigenvalue weighted by Crippen LogP contribution is -2.42. The monoisotopic (exact) mass is 237 g/mol. The van der Waals surface area contributed by atoms with Gasteiger partial charge in [0.05, 0.1) is 12.7 Å². The minimum atomic E-state index is -0.0853. The molecule has 0 spiro atoms. The van der Waals surface area contributed by atoms with Crippen LogP contribution in [0.2, 0.25) is 0 Å². The Balaban J connectivity index is 2.28. The van der Waals surface area contributed by atoms with Gasteiger partial charge in [-0.25, -0.2) is 4.98 Å². The highest BCUT2D eigenvalue weighted by Crippen LogP contribution is 2.15. The van der Waals surface area contributed by atoms with Crippen LogP contribution in [0.15, 0.2) is 10.9 Å². The van der Waals surface area contributed by atoms with Gasteiger partial charge in [0.1, 0.15) is 11.6 Å². The van der Waals surface area contributed by atoms with Crippen LogP contribution in [0.3, 0.4) is 0 Å². The quantitative estimate of drug-likeness (QED) is 0.837. The Morgan fingerprint density at radius 2 is 2.35 bits per heavy atom. The maximum absolute atomic E-state index is 11.6. The van der Waals surface area contributed by atoms with Crippen LogP contribution in [0, 0.1) is 0 Å². The van der Waals surface area contributed by atoms with E-state index in [-0.39, 0.29) is 17.6 Å². The van der Waals surface area contributed by atoms with Gasteiger partial charge in [-0.3, -0.25) is 4.79 Å². The number of hydrogen-bond acceptors (Lipinski definition) is 4. The van der Waals surface area contributed by atoms with E-state index in [0.29, 0.717) is 6.61 Å². The first-order valence-electron chi connectivity index (χ1n) is 6.04. The highest BCUT2D eigenvalue weighted by molar-refractivity contribution is 5.38. The Hall–Kier alpha value is -1.36. The van der Waals surface area contributed by atoms with Crippen LogP contribution in [0.25, 0.3) is 0 Å². The summed E-state index contributed by atoms with van der Waals surface area (Å²) in [5.41, 5.74) is -0.0853. The van der Waals surface area contributed by atoms with E-state index in [9.17, 15) is 4.79 Å². The number of aromatic amines is 1. The lowest BCUT2D eigenvalue weighted by atomic mass is 10.2. The number of morpholine rings is 1. The summed E-state index contributed by atoms with van der Waals surface area (Å²) in [5.74, 6) is 1.72. The van der Waals surface area contributed by atoms with Crippen LogP contribution in [0.1, 0.15) is 32.5 Å². The Kier molecular flexibility index (Phi) is 3.47. The molecule has 0 bridgehead atoms. The summed E-state index contributed by atoms with van der Waals surface area (Å²) in [7, 11) is 0. The molecule has 1 unspecified atom stereocenters. The zero-order valence-electron chi connectivity index (χ0n) is 10.6. The maximum Gasteiger partial charge on any atom is 0.252 e. The van der Waals surface area contributed by atoms with Crippen molar-refractivity contribution in [2.24, 2.45) is 0 Å². The highest BCUT2D eigenvalue weighted by atomic mass is 16.5. The minimum Gasteiger partial charge on any atom is -0.375 e. The average molecular weight is 237 g/mol. The molecule has 1 aliphatic rings. The van der Waals surface area contributed by atoms with Crippen molar-refractivity contribution in [3.8, 4) is 0 Å². The van der Waals surface area contributed by atoms with E-state index in [1.807, 2.05) is 20.8 Å². The summed E-state index contributed by atoms with van der Waals surface area (Å²) in [6.45, 7) is 8.33. The van der Waals surface area contributed by atoms with Crippen LogP contribution >= 0.6 is 0 Å². The Morgan fingerprint density at radius 3 is 3.00 bits per heavy atom.